The van der Waals surface area contributed by atoms with Crippen molar-refractivity contribution in [2.75, 3.05) is 0 Å². The molecule has 0 aliphatic rings. The lowest BCUT2D eigenvalue weighted by Gasteiger charge is -2.13. The van der Waals surface area contributed by atoms with Crippen molar-refractivity contribution in [3.8, 4) is 0 Å². The van der Waals surface area contributed by atoms with Gasteiger partial charge >= 0.3 is 0 Å². The zero-order valence-electron chi connectivity index (χ0n) is 15.4. The van der Waals surface area contributed by atoms with E-state index in [1.54, 1.807) is 0 Å². The Morgan fingerprint density at radius 3 is 2.37 bits per heavy atom. The number of nitrogens with zero attached hydrogens (tertiary/aromatic N) is 1. The van der Waals surface area contributed by atoms with Crippen molar-refractivity contribution in [3.63, 3.8) is 0 Å². The molecule has 1 N–H and O–H groups in total. The highest BCUT2D eigenvalue weighted by atomic mass is 35.5. The second-order valence-electron chi connectivity index (χ2n) is 6.90. The normalized spacial score (nSPS) is 12.4. The third-order valence-corrected chi connectivity index (χ3v) is 5.44. The average molecular weight is 375 g/mol. The van der Waals surface area contributed by atoms with Crippen molar-refractivity contribution in [1.29, 1.82) is 0 Å². The molecule has 0 radical (unpaired) electrons. The summed E-state index contributed by atoms with van der Waals surface area (Å²) in [6, 6.07) is 27.5. The molecule has 4 aromatic rings. The van der Waals surface area contributed by atoms with Crippen molar-refractivity contribution in [2.45, 2.75) is 26.1 Å². The summed E-state index contributed by atoms with van der Waals surface area (Å²) in [6.07, 6.45) is 2.25. The van der Waals surface area contributed by atoms with Gasteiger partial charge in [0.2, 0.25) is 0 Å². The first-order chi connectivity index (χ1) is 13.2. The van der Waals surface area contributed by atoms with Gasteiger partial charge in [0.1, 0.15) is 0 Å². The Hall–Kier alpha value is -2.55. The molecule has 1 atom stereocenters. The van der Waals surface area contributed by atoms with E-state index in [-0.39, 0.29) is 0 Å². The smallest absolute Gasteiger partial charge is 0.0491 e. The SMILES string of the molecule is CC(NCc1cn(Cc2ccccc2Cl)c2ccccc12)c1ccccc1. The topological polar surface area (TPSA) is 17.0 Å². The van der Waals surface area contributed by atoms with Gasteiger partial charge in [-0.1, -0.05) is 78.3 Å². The largest absolute Gasteiger partial charge is 0.343 e. The molecule has 0 spiro atoms. The zero-order chi connectivity index (χ0) is 18.6. The predicted molar refractivity (Wildman–Crippen MR) is 114 cm³/mol. The molecule has 0 saturated carbocycles. The maximum atomic E-state index is 6.38. The van der Waals surface area contributed by atoms with Crippen molar-refractivity contribution in [3.05, 3.63) is 107 Å². The van der Waals surface area contributed by atoms with E-state index in [0.717, 1.165) is 23.7 Å². The maximum Gasteiger partial charge on any atom is 0.0491 e. The van der Waals surface area contributed by atoms with Crippen LogP contribution in [-0.2, 0) is 13.1 Å². The van der Waals surface area contributed by atoms with Crippen LogP contribution in [0.4, 0.5) is 0 Å². The summed E-state index contributed by atoms with van der Waals surface area (Å²) in [4.78, 5) is 0. The first kappa shape index (κ1) is 17.8. The number of fused-ring (bicyclic) bond motifs is 1. The molecular weight excluding hydrogens is 352 g/mol. The molecule has 3 heteroatoms. The van der Waals surface area contributed by atoms with Crippen molar-refractivity contribution >= 4 is 22.5 Å². The van der Waals surface area contributed by atoms with E-state index in [1.807, 2.05) is 18.2 Å². The number of benzene rings is 3. The van der Waals surface area contributed by atoms with Gasteiger partial charge in [-0.25, -0.2) is 0 Å². The molecular formula is C24H23ClN2. The zero-order valence-corrected chi connectivity index (χ0v) is 16.2. The van der Waals surface area contributed by atoms with E-state index in [0.29, 0.717) is 6.04 Å². The van der Waals surface area contributed by atoms with Gasteiger partial charge in [0.05, 0.1) is 0 Å². The number of hydrogen-bond acceptors (Lipinski definition) is 1. The first-order valence-corrected chi connectivity index (χ1v) is 9.68. The average Bonchev–Trinajstić information content (AvgIpc) is 3.06. The molecule has 2 nitrogen and oxygen atoms in total. The molecule has 1 unspecified atom stereocenters. The fraction of sp³-hybridized carbons (Fsp3) is 0.167. The van der Waals surface area contributed by atoms with Crippen molar-refractivity contribution < 1.29 is 0 Å². The molecule has 1 heterocycles. The van der Waals surface area contributed by atoms with Gasteiger partial charge in [-0.2, -0.15) is 0 Å². The van der Waals surface area contributed by atoms with Crippen LogP contribution in [0.2, 0.25) is 5.02 Å². The Kier molecular flexibility index (Phi) is 5.28. The quantitative estimate of drug-likeness (QED) is 0.425. The third-order valence-electron chi connectivity index (χ3n) is 5.07. The minimum absolute atomic E-state index is 0.303. The highest BCUT2D eigenvalue weighted by Gasteiger charge is 2.11. The lowest BCUT2D eigenvalue weighted by Crippen LogP contribution is -2.17. The Morgan fingerprint density at radius 1 is 0.852 bits per heavy atom. The van der Waals surface area contributed by atoms with E-state index in [9.17, 15) is 0 Å². The van der Waals surface area contributed by atoms with Gasteiger partial charge in [-0.3, -0.25) is 0 Å². The van der Waals surface area contributed by atoms with Crippen LogP contribution >= 0.6 is 11.6 Å². The van der Waals surface area contributed by atoms with Crippen LogP contribution in [0.3, 0.4) is 0 Å². The van der Waals surface area contributed by atoms with Gasteiger partial charge in [0, 0.05) is 41.3 Å². The predicted octanol–water partition coefficient (Wildman–Crippen LogP) is 6.19. The summed E-state index contributed by atoms with van der Waals surface area (Å²) in [5, 5.41) is 5.76. The third kappa shape index (κ3) is 3.92. The molecule has 0 amide bonds. The minimum Gasteiger partial charge on any atom is -0.343 e. The Morgan fingerprint density at radius 2 is 1.56 bits per heavy atom. The van der Waals surface area contributed by atoms with Gasteiger partial charge in [-0.15, -0.1) is 0 Å². The fourth-order valence-electron chi connectivity index (χ4n) is 3.53. The maximum absolute atomic E-state index is 6.38. The Bertz CT molecular complexity index is 1040. The van der Waals surface area contributed by atoms with Crippen LogP contribution in [-0.4, -0.2) is 4.57 Å². The number of halogens is 1. The summed E-state index contributed by atoms with van der Waals surface area (Å²) in [7, 11) is 0. The molecule has 0 saturated heterocycles. The van der Waals surface area contributed by atoms with Gasteiger partial charge < -0.3 is 9.88 Å². The Balaban J connectivity index is 1.59. The second-order valence-corrected chi connectivity index (χ2v) is 7.31. The summed E-state index contributed by atoms with van der Waals surface area (Å²) in [6.45, 7) is 3.80. The second kappa shape index (κ2) is 7.99. The first-order valence-electron chi connectivity index (χ1n) is 9.31. The van der Waals surface area contributed by atoms with Gasteiger partial charge in [0.15, 0.2) is 0 Å². The van der Waals surface area contributed by atoms with E-state index in [2.05, 4.69) is 83.7 Å². The monoisotopic (exact) mass is 374 g/mol. The summed E-state index contributed by atoms with van der Waals surface area (Å²) in [5.41, 5.74) is 4.98. The van der Waals surface area contributed by atoms with Crippen LogP contribution in [0.15, 0.2) is 85.1 Å². The van der Waals surface area contributed by atoms with Crippen molar-refractivity contribution in [1.82, 2.24) is 9.88 Å². The van der Waals surface area contributed by atoms with Crippen LogP contribution in [0, 0.1) is 0 Å². The minimum atomic E-state index is 0.303. The van der Waals surface area contributed by atoms with Crippen LogP contribution < -0.4 is 5.32 Å². The van der Waals surface area contributed by atoms with Crippen LogP contribution in [0.1, 0.15) is 29.7 Å². The highest BCUT2D eigenvalue weighted by Crippen LogP contribution is 2.25. The van der Waals surface area contributed by atoms with E-state index < -0.39 is 0 Å². The van der Waals surface area contributed by atoms with E-state index in [4.69, 9.17) is 11.6 Å². The standard InChI is InChI=1S/C24H23ClN2/c1-18(19-9-3-2-4-10-19)26-15-21-17-27(24-14-8-6-12-22(21)24)16-20-11-5-7-13-23(20)25/h2-14,17-18,26H,15-16H2,1H3. The summed E-state index contributed by atoms with van der Waals surface area (Å²) in [5.74, 6) is 0. The molecule has 1 aromatic heterocycles. The van der Waals surface area contributed by atoms with Gasteiger partial charge in [0.25, 0.3) is 0 Å². The molecule has 27 heavy (non-hydrogen) atoms. The van der Waals surface area contributed by atoms with Crippen LogP contribution in [0.5, 0.6) is 0 Å². The lowest BCUT2D eigenvalue weighted by atomic mass is 10.1. The molecule has 136 valence electrons. The number of hydrogen-bond donors (Lipinski definition) is 1. The molecule has 0 fully saturated rings. The van der Waals surface area contributed by atoms with Crippen LogP contribution in [0.25, 0.3) is 10.9 Å². The van der Waals surface area contributed by atoms with E-state index >= 15 is 0 Å². The lowest BCUT2D eigenvalue weighted by molar-refractivity contribution is 0.575. The fourth-order valence-corrected chi connectivity index (χ4v) is 3.72. The number of para-hydroxylation sites is 1. The molecule has 0 aliphatic carbocycles. The van der Waals surface area contributed by atoms with E-state index in [1.165, 1.54) is 22.0 Å². The highest BCUT2D eigenvalue weighted by molar-refractivity contribution is 6.31. The molecule has 0 aliphatic heterocycles. The van der Waals surface area contributed by atoms with Crippen molar-refractivity contribution in [2.24, 2.45) is 0 Å². The number of rotatable bonds is 6. The number of aromatic nitrogens is 1. The number of nitrogens with one attached hydrogen (secondary N) is 1. The molecule has 3 aromatic carbocycles. The summed E-state index contributed by atoms with van der Waals surface area (Å²) >= 11 is 6.38. The molecule has 4 rings (SSSR count). The van der Waals surface area contributed by atoms with Gasteiger partial charge in [-0.05, 0) is 35.7 Å². The Labute approximate surface area is 165 Å². The molecule has 0 bridgehead atoms. The summed E-state index contributed by atoms with van der Waals surface area (Å²) < 4.78 is 2.29.